The predicted molar refractivity (Wildman–Crippen MR) is 118 cm³/mol. The zero-order chi connectivity index (χ0) is 21.3. The van der Waals surface area contributed by atoms with E-state index in [-0.39, 0.29) is 18.9 Å². The number of thiophene rings is 1. The molecule has 30 heavy (non-hydrogen) atoms. The number of ether oxygens (including phenoxy) is 1. The summed E-state index contributed by atoms with van der Waals surface area (Å²) in [6.07, 6.45) is 3.67. The van der Waals surface area contributed by atoms with E-state index in [1.54, 1.807) is 0 Å². The van der Waals surface area contributed by atoms with Gasteiger partial charge in [-0.1, -0.05) is 6.07 Å². The molecule has 1 saturated heterocycles. The molecule has 3 rings (SSSR count). The molecule has 1 unspecified atom stereocenters. The number of hydrogen-bond acceptors (Lipinski definition) is 6. The molecular formula is C22H27N3O4S. The third-order valence-corrected chi connectivity index (χ3v) is 5.86. The Bertz CT molecular complexity index is 846. The van der Waals surface area contributed by atoms with Crippen molar-refractivity contribution in [3.05, 3.63) is 46.7 Å². The monoisotopic (exact) mass is 429 g/mol. The number of carbonyl (C=O) groups excluding carboxylic acids is 3. The summed E-state index contributed by atoms with van der Waals surface area (Å²) in [5.41, 5.74) is 1.81. The van der Waals surface area contributed by atoms with E-state index in [1.807, 2.05) is 41.8 Å². The lowest BCUT2D eigenvalue weighted by Gasteiger charge is -2.28. The molecule has 0 spiro atoms. The third-order valence-electron chi connectivity index (χ3n) is 4.87. The molecule has 160 valence electrons. The lowest BCUT2D eigenvalue weighted by atomic mass is 10.1. The average molecular weight is 430 g/mol. The van der Waals surface area contributed by atoms with E-state index >= 15 is 0 Å². The number of anilines is 2. The predicted octanol–water partition coefficient (Wildman–Crippen LogP) is 3.49. The molecule has 1 aromatic carbocycles. The summed E-state index contributed by atoms with van der Waals surface area (Å²) in [5.74, 6) is -1.18. The van der Waals surface area contributed by atoms with Crippen molar-refractivity contribution >= 4 is 40.5 Å². The number of esters is 1. The molecule has 0 radical (unpaired) electrons. The van der Waals surface area contributed by atoms with Crippen molar-refractivity contribution in [2.75, 3.05) is 29.9 Å². The minimum atomic E-state index is -0.544. The van der Waals surface area contributed by atoms with Gasteiger partial charge in [0.15, 0.2) is 6.61 Å². The quantitative estimate of drug-likeness (QED) is 0.627. The van der Waals surface area contributed by atoms with Crippen LogP contribution < -0.4 is 15.5 Å². The Balaban J connectivity index is 1.45. The highest BCUT2D eigenvalue weighted by molar-refractivity contribution is 7.10. The number of nitrogens with one attached hydrogen (secondary N) is 2. The van der Waals surface area contributed by atoms with Crippen LogP contribution in [0.15, 0.2) is 41.8 Å². The number of piperidine rings is 1. The highest BCUT2D eigenvalue weighted by Crippen LogP contribution is 2.23. The van der Waals surface area contributed by atoms with Crippen LogP contribution in [-0.2, 0) is 19.1 Å². The van der Waals surface area contributed by atoms with Crippen molar-refractivity contribution in [2.24, 2.45) is 0 Å². The van der Waals surface area contributed by atoms with Crippen LogP contribution >= 0.6 is 11.3 Å². The lowest BCUT2D eigenvalue weighted by molar-refractivity contribution is -0.147. The molecule has 1 aliphatic rings. The molecule has 1 fully saturated rings. The largest absolute Gasteiger partial charge is 0.455 e. The second-order valence-electron chi connectivity index (χ2n) is 7.28. The molecule has 7 nitrogen and oxygen atoms in total. The van der Waals surface area contributed by atoms with Gasteiger partial charge in [0.25, 0.3) is 5.91 Å². The first-order valence-corrected chi connectivity index (χ1v) is 11.0. The summed E-state index contributed by atoms with van der Waals surface area (Å²) < 4.78 is 5.10. The van der Waals surface area contributed by atoms with Gasteiger partial charge < -0.3 is 20.3 Å². The van der Waals surface area contributed by atoms with Gasteiger partial charge >= 0.3 is 5.97 Å². The molecule has 0 saturated carbocycles. The maximum absolute atomic E-state index is 12.2. The first-order chi connectivity index (χ1) is 14.5. The van der Waals surface area contributed by atoms with Crippen molar-refractivity contribution < 1.29 is 19.1 Å². The van der Waals surface area contributed by atoms with E-state index in [9.17, 15) is 14.4 Å². The molecular weight excluding hydrogens is 402 g/mol. The number of amides is 2. The summed E-state index contributed by atoms with van der Waals surface area (Å²) in [7, 11) is 0. The van der Waals surface area contributed by atoms with Gasteiger partial charge in [-0.15, -0.1) is 11.3 Å². The van der Waals surface area contributed by atoms with Gasteiger partial charge in [-0.25, -0.2) is 0 Å². The molecule has 8 heteroatoms. The van der Waals surface area contributed by atoms with E-state index in [0.29, 0.717) is 5.69 Å². The molecule has 1 aromatic heterocycles. The Morgan fingerprint density at radius 2 is 1.83 bits per heavy atom. The summed E-state index contributed by atoms with van der Waals surface area (Å²) in [4.78, 5) is 38.9. The first kappa shape index (κ1) is 21.8. The highest BCUT2D eigenvalue weighted by Gasteiger charge is 2.20. The van der Waals surface area contributed by atoms with Crippen molar-refractivity contribution in [1.82, 2.24) is 5.32 Å². The van der Waals surface area contributed by atoms with E-state index in [1.165, 1.54) is 37.5 Å². The lowest BCUT2D eigenvalue weighted by Crippen LogP contribution is -2.29. The van der Waals surface area contributed by atoms with E-state index in [2.05, 4.69) is 15.5 Å². The first-order valence-electron chi connectivity index (χ1n) is 10.1. The fourth-order valence-electron chi connectivity index (χ4n) is 3.43. The molecule has 0 bridgehead atoms. The van der Waals surface area contributed by atoms with Crippen LogP contribution in [0.2, 0.25) is 0 Å². The van der Waals surface area contributed by atoms with E-state index in [0.717, 1.165) is 23.7 Å². The van der Waals surface area contributed by atoms with E-state index < -0.39 is 17.9 Å². The van der Waals surface area contributed by atoms with Crippen LogP contribution in [-0.4, -0.2) is 37.5 Å². The zero-order valence-corrected chi connectivity index (χ0v) is 17.9. The average Bonchev–Trinajstić information content (AvgIpc) is 3.28. The van der Waals surface area contributed by atoms with Gasteiger partial charge in [-0.3, -0.25) is 14.4 Å². The Morgan fingerprint density at radius 3 is 2.47 bits per heavy atom. The highest BCUT2D eigenvalue weighted by atomic mass is 32.1. The third kappa shape index (κ3) is 6.59. The molecule has 2 aromatic rings. The molecule has 0 aliphatic carbocycles. The van der Waals surface area contributed by atoms with Gasteiger partial charge in [0.2, 0.25) is 5.91 Å². The number of hydrogen-bond donors (Lipinski definition) is 2. The topological polar surface area (TPSA) is 87.7 Å². The van der Waals surface area contributed by atoms with Gasteiger partial charge in [0, 0.05) is 36.3 Å². The maximum atomic E-state index is 12.2. The Kier molecular flexibility index (Phi) is 7.84. The number of carbonyl (C=O) groups is 3. The molecule has 2 amide bonds. The van der Waals surface area contributed by atoms with Crippen LogP contribution in [0.5, 0.6) is 0 Å². The number of nitrogens with zero attached hydrogens (tertiary/aromatic N) is 1. The smallest absolute Gasteiger partial charge is 0.308 e. The summed E-state index contributed by atoms with van der Waals surface area (Å²) in [5, 5.41) is 7.35. The van der Waals surface area contributed by atoms with Gasteiger partial charge in [-0.05, 0) is 55.0 Å². The second kappa shape index (κ2) is 10.8. The Labute approximate surface area is 180 Å². The van der Waals surface area contributed by atoms with Crippen molar-refractivity contribution in [1.29, 1.82) is 0 Å². The van der Waals surface area contributed by atoms with Crippen LogP contribution in [0.3, 0.4) is 0 Å². The molecule has 1 aliphatic heterocycles. The summed E-state index contributed by atoms with van der Waals surface area (Å²) >= 11 is 1.45. The fourth-order valence-corrected chi connectivity index (χ4v) is 4.21. The van der Waals surface area contributed by atoms with E-state index in [4.69, 9.17) is 4.74 Å². The second-order valence-corrected chi connectivity index (χ2v) is 8.26. The normalized spacial score (nSPS) is 14.6. The fraction of sp³-hybridized carbons (Fsp3) is 0.409. The van der Waals surface area contributed by atoms with Crippen LogP contribution in [0.25, 0.3) is 0 Å². The van der Waals surface area contributed by atoms with Gasteiger partial charge in [-0.2, -0.15) is 0 Å². The van der Waals surface area contributed by atoms with Crippen molar-refractivity contribution in [2.45, 2.75) is 38.6 Å². The molecule has 2 N–H and O–H groups in total. The maximum Gasteiger partial charge on any atom is 0.308 e. The van der Waals surface area contributed by atoms with Gasteiger partial charge in [0.05, 0.1) is 12.5 Å². The zero-order valence-electron chi connectivity index (χ0n) is 17.1. The molecule has 1 atom stereocenters. The van der Waals surface area contributed by atoms with Crippen molar-refractivity contribution in [3.8, 4) is 0 Å². The van der Waals surface area contributed by atoms with Crippen LogP contribution in [0.1, 0.15) is 43.5 Å². The van der Waals surface area contributed by atoms with Gasteiger partial charge in [0.1, 0.15) is 0 Å². The minimum absolute atomic E-state index is 0.0299. The molecule has 2 heterocycles. The minimum Gasteiger partial charge on any atom is -0.455 e. The number of benzene rings is 1. The summed E-state index contributed by atoms with van der Waals surface area (Å²) in [6, 6.07) is 10.9. The Hall–Kier alpha value is -2.87. The Morgan fingerprint density at radius 1 is 1.10 bits per heavy atom. The SMILES string of the molecule is CC(=O)NC(CC(=O)OCC(=O)Nc1ccc(N2CCCCC2)cc1)c1cccs1. The van der Waals surface area contributed by atoms with Crippen LogP contribution in [0.4, 0.5) is 11.4 Å². The summed E-state index contributed by atoms with van der Waals surface area (Å²) in [6.45, 7) is 3.15. The van der Waals surface area contributed by atoms with Crippen molar-refractivity contribution in [3.63, 3.8) is 0 Å². The number of rotatable bonds is 8. The standard InChI is InChI=1S/C22H27N3O4S/c1-16(26)23-19(20-6-5-13-30-20)14-22(28)29-15-21(27)24-17-7-9-18(10-8-17)25-11-3-2-4-12-25/h5-10,13,19H,2-4,11-12,14-15H2,1H3,(H,23,26)(H,24,27). The van der Waals surface area contributed by atoms with Crippen LogP contribution in [0, 0.1) is 0 Å².